The van der Waals surface area contributed by atoms with Gasteiger partial charge in [0.25, 0.3) is 5.56 Å². The van der Waals surface area contributed by atoms with E-state index in [0.717, 1.165) is 50.1 Å². The second-order valence-electron chi connectivity index (χ2n) is 7.95. The molecule has 6 nitrogen and oxygen atoms in total. The normalized spacial score (nSPS) is 19.6. The molecule has 3 aromatic rings. The number of hydrogen-bond acceptors (Lipinski definition) is 5. The second kappa shape index (κ2) is 7.77. The quantitative estimate of drug-likeness (QED) is 0.735. The zero-order valence-electron chi connectivity index (χ0n) is 16.7. The summed E-state index contributed by atoms with van der Waals surface area (Å²) in [6.45, 7) is 3.97. The SMILES string of the molecule is N#Cc1ccc(N2CCN(C3C=C(c4cc5cnccc5c(=O)[nH]4)CC3)CC2)cc1. The summed E-state index contributed by atoms with van der Waals surface area (Å²) in [5.74, 6) is 0. The molecule has 0 radical (unpaired) electrons. The van der Waals surface area contributed by atoms with Crippen LogP contribution in [0.25, 0.3) is 16.3 Å². The molecule has 5 rings (SSSR count). The lowest BCUT2D eigenvalue weighted by Gasteiger charge is -2.38. The van der Waals surface area contributed by atoms with Crippen molar-refractivity contribution in [2.45, 2.75) is 18.9 Å². The summed E-state index contributed by atoms with van der Waals surface area (Å²) in [4.78, 5) is 24.5. The van der Waals surface area contributed by atoms with Crippen LogP contribution < -0.4 is 10.5 Å². The summed E-state index contributed by atoms with van der Waals surface area (Å²) in [5, 5.41) is 10.5. The minimum atomic E-state index is -0.0507. The Labute approximate surface area is 175 Å². The first-order chi connectivity index (χ1) is 14.7. The van der Waals surface area contributed by atoms with Crippen molar-refractivity contribution in [3.8, 4) is 6.07 Å². The zero-order valence-corrected chi connectivity index (χ0v) is 16.7. The molecule has 0 spiro atoms. The molecule has 1 saturated heterocycles. The van der Waals surface area contributed by atoms with Gasteiger partial charge < -0.3 is 9.88 Å². The average Bonchev–Trinajstić information content (AvgIpc) is 3.30. The van der Waals surface area contributed by atoms with Gasteiger partial charge in [0.05, 0.1) is 17.0 Å². The summed E-state index contributed by atoms with van der Waals surface area (Å²) >= 11 is 0. The van der Waals surface area contributed by atoms with Gasteiger partial charge in [-0.25, -0.2) is 0 Å². The van der Waals surface area contributed by atoms with Crippen molar-refractivity contribution in [1.29, 1.82) is 5.26 Å². The number of hydrogen-bond donors (Lipinski definition) is 1. The summed E-state index contributed by atoms with van der Waals surface area (Å²) in [6, 6.07) is 14.2. The maximum absolute atomic E-state index is 12.4. The van der Waals surface area contributed by atoms with E-state index < -0.39 is 0 Å². The molecule has 2 aliphatic rings. The van der Waals surface area contributed by atoms with E-state index in [4.69, 9.17) is 5.26 Å². The molecule has 2 aromatic heterocycles. The van der Waals surface area contributed by atoms with Gasteiger partial charge in [0.1, 0.15) is 0 Å². The van der Waals surface area contributed by atoms with E-state index in [-0.39, 0.29) is 5.56 Å². The van der Waals surface area contributed by atoms with Crippen molar-refractivity contribution >= 4 is 22.0 Å². The Bertz CT molecular complexity index is 1200. The van der Waals surface area contributed by atoms with Crippen LogP contribution in [0.15, 0.2) is 59.7 Å². The number of aromatic nitrogens is 2. The highest BCUT2D eigenvalue weighted by Gasteiger charge is 2.27. The first-order valence-electron chi connectivity index (χ1n) is 10.4. The number of rotatable bonds is 3. The van der Waals surface area contributed by atoms with E-state index in [2.05, 4.69) is 31.9 Å². The van der Waals surface area contributed by atoms with Gasteiger partial charge in [-0.3, -0.25) is 14.7 Å². The maximum Gasteiger partial charge on any atom is 0.256 e. The van der Waals surface area contributed by atoms with Crippen molar-refractivity contribution in [2.75, 3.05) is 31.1 Å². The Morgan fingerprint density at radius 1 is 1.10 bits per heavy atom. The summed E-state index contributed by atoms with van der Waals surface area (Å²) < 4.78 is 0. The smallest absolute Gasteiger partial charge is 0.256 e. The van der Waals surface area contributed by atoms with E-state index in [1.807, 2.05) is 30.3 Å². The van der Waals surface area contributed by atoms with E-state index in [1.165, 1.54) is 11.3 Å². The molecule has 1 N–H and O–H groups in total. The summed E-state index contributed by atoms with van der Waals surface area (Å²) in [5.41, 5.74) is 3.96. The third-order valence-corrected chi connectivity index (χ3v) is 6.24. The topological polar surface area (TPSA) is 76.0 Å². The number of benzene rings is 1. The van der Waals surface area contributed by atoms with Gasteiger partial charge in [-0.1, -0.05) is 6.08 Å². The van der Waals surface area contributed by atoms with Gasteiger partial charge in [-0.05, 0) is 54.8 Å². The van der Waals surface area contributed by atoms with Crippen LogP contribution in [0.3, 0.4) is 0 Å². The largest absolute Gasteiger partial charge is 0.369 e. The van der Waals surface area contributed by atoms with Gasteiger partial charge >= 0.3 is 0 Å². The number of piperazine rings is 1. The number of H-pyrrole nitrogens is 1. The molecular formula is C24H23N5O. The number of anilines is 1. The fourth-order valence-electron chi connectivity index (χ4n) is 4.56. The highest BCUT2D eigenvalue weighted by molar-refractivity contribution is 5.83. The standard InChI is InChI=1S/C24H23N5O/c25-15-17-1-4-20(5-2-17)28-9-11-29(12-10-28)21-6-3-18(13-21)23-14-19-16-26-8-7-22(19)24(30)27-23/h1-2,4-5,7-8,13-14,16,21H,3,6,9-12H2,(H,27,30). The van der Waals surface area contributed by atoms with E-state index in [1.54, 1.807) is 18.5 Å². The number of fused-ring (bicyclic) bond motifs is 1. The predicted molar refractivity (Wildman–Crippen MR) is 118 cm³/mol. The highest BCUT2D eigenvalue weighted by atomic mass is 16.1. The molecule has 150 valence electrons. The van der Waals surface area contributed by atoms with Crippen LogP contribution in [0.5, 0.6) is 0 Å². The van der Waals surface area contributed by atoms with Crippen LogP contribution in [0.2, 0.25) is 0 Å². The first kappa shape index (κ1) is 18.6. The Balaban J connectivity index is 1.28. The average molecular weight is 397 g/mol. The highest BCUT2D eigenvalue weighted by Crippen LogP contribution is 2.31. The van der Waals surface area contributed by atoms with Crippen molar-refractivity contribution in [1.82, 2.24) is 14.9 Å². The van der Waals surface area contributed by atoms with E-state index in [0.29, 0.717) is 17.0 Å². The van der Waals surface area contributed by atoms with E-state index in [9.17, 15) is 4.79 Å². The zero-order chi connectivity index (χ0) is 20.5. The molecule has 30 heavy (non-hydrogen) atoms. The minimum absolute atomic E-state index is 0.0507. The Kier molecular flexibility index (Phi) is 4.82. The molecular weight excluding hydrogens is 374 g/mol. The third-order valence-electron chi connectivity index (χ3n) is 6.24. The van der Waals surface area contributed by atoms with E-state index >= 15 is 0 Å². The molecule has 1 aliphatic carbocycles. The Morgan fingerprint density at radius 2 is 1.90 bits per heavy atom. The fraction of sp³-hybridized carbons (Fsp3) is 0.292. The number of nitrogens with zero attached hydrogens (tertiary/aromatic N) is 4. The van der Waals surface area contributed by atoms with Crippen LogP contribution in [0.1, 0.15) is 24.1 Å². The van der Waals surface area contributed by atoms with Crippen molar-refractivity contribution in [3.63, 3.8) is 0 Å². The number of nitriles is 1. The van der Waals surface area contributed by atoms with Crippen LogP contribution in [0.4, 0.5) is 5.69 Å². The third kappa shape index (κ3) is 3.49. The monoisotopic (exact) mass is 397 g/mol. The molecule has 6 heteroatoms. The predicted octanol–water partition coefficient (Wildman–Crippen LogP) is 3.16. The minimum Gasteiger partial charge on any atom is -0.369 e. The summed E-state index contributed by atoms with van der Waals surface area (Å²) in [7, 11) is 0. The van der Waals surface area contributed by atoms with Gasteiger partial charge in [0.15, 0.2) is 0 Å². The number of allylic oxidation sites excluding steroid dienone is 1. The van der Waals surface area contributed by atoms with Crippen LogP contribution in [-0.2, 0) is 0 Å². The molecule has 1 aliphatic heterocycles. The van der Waals surface area contributed by atoms with Gasteiger partial charge in [0.2, 0.25) is 0 Å². The molecule has 3 heterocycles. The van der Waals surface area contributed by atoms with Crippen LogP contribution >= 0.6 is 0 Å². The number of nitrogens with one attached hydrogen (secondary N) is 1. The lowest BCUT2D eigenvalue weighted by atomic mass is 10.1. The lowest BCUT2D eigenvalue weighted by Crippen LogP contribution is -2.49. The molecule has 1 atom stereocenters. The first-order valence-corrected chi connectivity index (χ1v) is 10.4. The molecule has 1 fully saturated rings. The van der Waals surface area contributed by atoms with Crippen LogP contribution in [0, 0.1) is 11.3 Å². The Hall–Kier alpha value is -3.43. The lowest BCUT2D eigenvalue weighted by molar-refractivity contribution is 0.214. The molecule has 0 bridgehead atoms. The number of pyridine rings is 2. The second-order valence-corrected chi connectivity index (χ2v) is 7.95. The van der Waals surface area contributed by atoms with Crippen LogP contribution in [-0.4, -0.2) is 47.1 Å². The maximum atomic E-state index is 12.4. The molecule has 0 saturated carbocycles. The molecule has 1 unspecified atom stereocenters. The van der Waals surface area contributed by atoms with Gasteiger partial charge in [-0.2, -0.15) is 5.26 Å². The van der Waals surface area contributed by atoms with Gasteiger partial charge in [0, 0.05) is 61.4 Å². The summed E-state index contributed by atoms with van der Waals surface area (Å²) in [6.07, 6.45) is 7.79. The number of aromatic amines is 1. The van der Waals surface area contributed by atoms with Crippen molar-refractivity contribution < 1.29 is 0 Å². The van der Waals surface area contributed by atoms with Gasteiger partial charge in [-0.15, -0.1) is 0 Å². The Morgan fingerprint density at radius 3 is 2.67 bits per heavy atom. The van der Waals surface area contributed by atoms with Crippen molar-refractivity contribution in [3.05, 3.63) is 76.5 Å². The molecule has 1 aromatic carbocycles. The van der Waals surface area contributed by atoms with Crippen molar-refractivity contribution in [2.24, 2.45) is 0 Å². The fourth-order valence-corrected chi connectivity index (χ4v) is 4.56. The molecule has 0 amide bonds.